The highest BCUT2D eigenvalue weighted by Crippen LogP contribution is 2.20. The standard InChI is InChI=1S/C19H19N5O2/c25-18(22-15-10-14-4-1-2-6-17(14)21-11-15)19(26)24-8-3-5-16(24)12-23-9-7-20-13-23/h1-2,4,6-7,9-11,13,16H,3,5,8,12H2,(H,22,25)/t16-/m0/s1. The van der Waals surface area contributed by atoms with E-state index in [2.05, 4.69) is 15.3 Å². The van der Waals surface area contributed by atoms with E-state index < -0.39 is 11.8 Å². The molecular formula is C19H19N5O2. The Labute approximate surface area is 150 Å². The van der Waals surface area contributed by atoms with E-state index in [0.29, 0.717) is 18.8 Å². The van der Waals surface area contributed by atoms with Gasteiger partial charge in [-0.25, -0.2) is 4.98 Å². The lowest BCUT2D eigenvalue weighted by atomic mass is 10.2. The Balaban J connectivity index is 1.45. The number of pyridine rings is 1. The number of likely N-dealkylation sites (tertiary alicyclic amines) is 1. The lowest BCUT2D eigenvalue weighted by Gasteiger charge is -2.24. The van der Waals surface area contributed by atoms with Crippen molar-refractivity contribution >= 4 is 28.4 Å². The van der Waals surface area contributed by atoms with E-state index in [4.69, 9.17) is 0 Å². The average Bonchev–Trinajstić information content (AvgIpc) is 3.33. The Morgan fingerprint density at radius 2 is 2.15 bits per heavy atom. The molecule has 3 aromatic rings. The molecule has 0 aliphatic carbocycles. The fourth-order valence-corrected chi connectivity index (χ4v) is 3.39. The van der Waals surface area contributed by atoms with Crippen LogP contribution in [0.25, 0.3) is 10.9 Å². The predicted octanol–water partition coefficient (Wildman–Crippen LogP) is 2.06. The summed E-state index contributed by atoms with van der Waals surface area (Å²) in [5.41, 5.74) is 1.36. The van der Waals surface area contributed by atoms with Gasteiger partial charge in [-0.1, -0.05) is 18.2 Å². The molecule has 1 fully saturated rings. The molecule has 0 radical (unpaired) electrons. The van der Waals surface area contributed by atoms with Gasteiger partial charge in [0.25, 0.3) is 0 Å². The van der Waals surface area contributed by atoms with Crippen molar-refractivity contribution in [2.75, 3.05) is 11.9 Å². The number of carbonyl (C=O) groups excluding carboxylic acids is 2. The van der Waals surface area contributed by atoms with Gasteiger partial charge in [0, 0.05) is 30.9 Å². The number of rotatable bonds is 3. The van der Waals surface area contributed by atoms with Gasteiger partial charge in [-0.05, 0) is 25.0 Å². The van der Waals surface area contributed by atoms with Gasteiger partial charge in [-0.3, -0.25) is 14.6 Å². The molecule has 2 aromatic heterocycles. The summed E-state index contributed by atoms with van der Waals surface area (Å²) in [6, 6.07) is 9.47. The number of hydrogen-bond acceptors (Lipinski definition) is 4. The largest absolute Gasteiger partial charge is 0.335 e. The number of anilines is 1. The maximum absolute atomic E-state index is 12.6. The fraction of sp³-hybridized carbons (Fsp3) is 0.263. The summed E-state index contributed by atoms with van der Waals surface area (Å²) in [5.74, 6) is -1.12. The fourth-order valence-electron chi connectivity index (χ4n) is 3.39. The molecule has 7 nitrogen and oxygen atoms in total. The van der Waals surface area contributed by atoms with Crippen molar-refractivity contribution in [3.05, 3.63) is 55.2 Å². The van der Waals surface area contributed by atoms with E-state index in [1.54, 1.807) is 23.6 Å². The second kappa shape index (κ2) is 6.95. The Bertz CT molecular complexity index is 938. The number of imidazole rings is 1. The Morgan fingerprint density at radius 3 is 3.00 bits per heavy atom. The Hall–Kier alpha value is -3.22. The molecular weight excluding hydrogens is 330 g/mol. The zero-order chi connectivity index (χ0) is 17.9. The lowest BCUT2D eigenvalue weighted by molar-refractivity contribution is -0.143. The summed E-state index contributed by atoms with van der Waals surface area (Å²) < 4.78 is 1.93. The molecule has 1 aliphatic rings. The normalized spacial score (nSPS) is 16.8. The highest BCUT2D eigenvalue weighted by molar-refractivity contribution is 6.39. The quantitative estimate of drug-likeness (QED) is 0.734. The van der Waals surface area contributed by atoms with Crippen LogP contribution in [0.3, 0.4) is 0 Å². The van der Waals surface area contributed by atoms with Crippen molar-refractivity contribution in [3.8, 4) is 0 Å². The number of aromatic nitrogens is 3. The molecule has 0 unspecified atom stereocenters. The second-order valence-electron chi connectivity index (χ2n) is 6.42. The summed E-state index contributed by atoms with van der Waals surface area (Å²) in [7, 11) is 0. The van der Waals surface area contributed by atoms with Crippen LogP contribution in [0.15, 0.2) is 55.2 Å². The number of fused-ring (bicyclic) bond motifs is 1. The van der Waals surface area contributed by atoms with Crippen LogP contribution in [0.1, 0.15) is 12.8 Å². The van der Waals surface area contributed by atoms with Gasteiger partial charge in [0.05, 0.1) is 29.8 Å². The third kappa shape index (κ3) is 3.28. The first-order valence-electron chi connectivity index (χ1n) is 8.63. The summed E-state index contributed by atoms with van der Waals surface area (Å²) in [6.07, 6.45) is 8.65. The molecule has 3 heterocycles. The number of para-hydroxylation sites is 1. The number of hydrogen-bond donors (Lipinski definition) is 1. The summed E-state index contributed by atoms with van der Waals surface area (Å²) in [4.78, 5) is 35.0. The van der Waals surface area contributed by atoms with Crippen molar-refractivity contribution in [1.29, 1.82) is 0 Å². The van der Waals surface area contributed by atoms with Crippen LogP contribution >= 0.6 is 0 Å². The molecule has 0 saturated carbocycles. The van der Waals surface area contributed by atoms with Gasteiger partial charge >= 0.3 is 11.8 Å². The highest BCUT2D eigenvalue weighted by Gasteiger charge is 2.32. The van der Waals surface area contributed by atoms with Crippen molar-refractivity contribution in [2.45, 2.75) is 25.4 Å². The Morgan fingerprint density at radius 1 is 1.27 bits per heavy atom. The molecule has 0 bridgehead atoms. The number of nitrogens with zero attached hydrogens (tertiary/aromatic N) is 4. The lowest BCUT2D eigenvalue weighted by Crippen LogP contribution is -2.44. The van der Waals surface area contributed by atoms with Crippen LogP contribution in [0, 0.1) is 0 Å². The zero-order valence-corrected chi connectivity index (χ0v) is 14.2. The van der Waals surface area contributed by atoms with Gasteiger partial charge < -0.3 is 14.8 Å². The van der Waals surface area contributed by atoms with Crippen LogP contribution < -0.4 is 5.32 Å². The minimum Gasteiger partial charge on any atom is -0.335 e. The molecule has 1 saturated heterocycles. The molecule has 1 aliphatic heterocycles. The predicted molar refractivity (Wildman–Crippen MR) is 97.3 cm³/mol. The van der Waals surface area contributed by atoms with Crippen molar-refractivity contribution in [2.24, 2.45) is 0 Å². The molecule has 1 atom stereocenters. The van der Waals surface area contributed by atoms with Gasteiger partial charge in [-0.15, -0.1) is 0 Å². The summed E-state index contributed by atoms with van der Waals surface area (Å²) in [6.45, 7) is 1.25. The minimum absolute atomic E-state index is 0.0113. The van der Waals surface area contributed by atoms with Crippen LogP contribution in [0.4, 0.5) is 5.69 Å². The summed E-state index contributed by atoms with van der Waals surface area (Å²) in [5, 5.41) is 3.59. The first kappa shape index (κ1) is 16.3. The third-order valence-corrected chi connectivity index (χ3v) is 4.66. The van der Waals surface area contributed by atoms with Gasteiger partial charge in [0.1, 0.15) is 0 Å². The van der Waals surface area contributed by atoms with Crippen molar-refractivity contribution < 1.29 is 9.59 Å². The maximum atomic E-state index is 12.6. The molecule has 0 spiro atoms. The highest BCUT2D eigenvalue weighted by atomic mass is 16.2. The van der Waals surface area contributed by atoms with Crippen molar-refractivity contribution in [3.63, 3.8) is 0 Å². The third-order valence-electron chi connectivity index (χ3n) is 4.66. The van der Waals surface area contributed by atoms with Crippen LogP contribution in [0.5, 0.6) is 0 Å². The number of benzene rings is 1. The van der Waals surface area contributed by atoms with E-state index in [-0.39, 0.29) is 6.04 Å². The smallest absolute Gasteiger partial charge is 0.313 e. The first-order chi connectivity index (χ1) is 12.7. The van der Waals surface area contributed by atoms with Crippen LogP contribution in [-0.2, 0) is 16.1 Å². The monoisotopic (exact) mass is 349 g/mol. The number of carbonyl (C=O) groups is 2. The second-order valence-corrected chi connectivity index (χ2v) is 6.42. The van der Waals surface area contributed by atoms with Crippen LogP contribution in [-0.4, -0.2) is 43.8 Å². The first-order valence-corrected chi connectivity index (χ1v) is 8.63. The van der Waals surface area contributed by atoms with E-state index in [9.17, 15) is 9.59 Å². The van der Waals surface area contributed by atoms with E-state index in [1.807, 2.05) is 41.1 Å². The molecule has 26 heavy (non-hydrogen) atoms. The van der Waals surface area contributed by atoms with Gasteiger partial charge in [0.15, 0.2) is 0 Å². The SMILES string of the molecule is O=C(Nc1cnc2ccccc2c1)C(=O)N1CCC[C@H]1Cn1ccnc1. The zero-order valence-electron chi connectivity index (χ0n) is 14.2. The molecule has 4 rings (SSSR count). The summed E-state index contributed by atoms with van der Waals surface area (Å²) >= 11 is 0. The molecule has 1 aromatic carbocycles. The Kier molecular flexibility index (Phi) is 4.35. The molecule has 132 valence electrons. The van der Waals surface area contributed by atoms with Crippen LogP contribution in [0.2, 0.25) is 0 Å². The molecule has 1 N–H and O–H groups in total. The van der Waals surface area contributed by atoms with Gasteiger partial charge in [0.2, 0.25) is 0 Å². The number of amides is 2. The molecule has 7 heteroatoms. The van der Waals surface area contributed by atoms with E-state index >= 15 is 0 Å². The molecule has 2 amide bonds. The number of nitrogens with one attached hydrogen (secondary N) is 1. The minimum atomic E-state index is -0.625. The maximum Gasteiger partial charge on any atom is 0.313 e. The van der Waals surface area contributed by atoms with Gasteiger partial charge in [-0.2, -0.15) is 0 Å². The topological polar surface area (TPSA) is 80.1 Å². The average molecular weight is 349 g/mol. The van der Waals surface area contributed by atoms with Crippen molar-refractivity contribution in [1.82, 2.24) is 19.4 Å². The van der Waals surface area contributed by atoms with E-state index in [0.717, 1.165) is 23.7 Å². The van der Waals surface area contributed by atoms with E-state index in [1.165, 1.54) is 0 Å².